The van der Waals surface area contributed by atoms with Crippen LogP contribution in [0.15, 0.2) is 200 Å². The van der Waals surface area contributed by atoms with Gasteiger partial charge in [-0.05, 0) is 93.8 Å². The maximum absolute atomic E-state index is 6.72. The van der Waals surface area contributed by atoms with Gasteiger partial charge in [0, 0.05) is 50.3 Å². The van der Waals surface area contributed by atoms with Crippen LogP contribution in [0.4, 0.5) is 17.1 Å². The van der Waals surface area contributed by atoms with E-state index in [-0.39, 0.29) is 5.41 Å². The number of hydrogen-bond donors (Lipinski definition) is 0. The quantitative estimate of drug-likeness (QED) is 0.156. The second kappa shape index (κ2) is 14.9. The Kier molecular flexibility index (Phi) is 8.90. The Bertz CT molecular complexity index is 3170. The lowest BCUT2D eigenvalue weighted by atomic mass is 9.75. The number of hydrogen-bond acceptors (Lipinski definition) is 5. The van der Waals surface area contributed by atoms with Crippen LogP contribution in [0.25, 0.3) is 33.4 Å². The Morgan fingerprint density at radius 2 is 0.754 bits per heavy atom. The molecule has 9 aromatic carbocycles. The van der Waals surface area contributed by atoms with E-state index < -0.39 is 8.07 Å². The highest BCUT2D eigenvalue weighted by molar-refractivity contribution is 7.01. The molecule has 0 saturated heterocycles. The van der Waals surface area contributed by atoms with Gasteiger partial charge >= 0.3 is 0 Å². The molecule has 0 amide bonds. The molecule has 3 aliphatic heterocycles. The third-order valence-electron chi connectivity index (χ3n) is 13.5. The first-order chi connectivity index (χ1) is 31.7. The van der Waals surface area contributed by atoms with Gasteiger partial charge in [-0.3, -0.25) is 0 Å². The topological polar surface area (TPSA) is 40.2 Å². The largest absolute Gasteiger partial charge is 0.457 e. The van der Waals surface area contributed by atoms with Crippen molar-refractivity contribution in [2.75, 3.05) is 4.90 Å². The van der Waals surface area contributed by atoms with Crippen molar-refractivity contribution >= 4 is 35.5 Å². The number of anilines is 3. The lowest BCUT2D eigenvalue weighted by Crippen LogP contribution is -2.56. The van der Waals surface area contributed by atoms with Gasteiger partial charge in [0.1, 0.15) is 31.1 Å². The fraction of sp³-hybridized carbons (Fsp3) is 0.0847. The molecule has 65 heavy (non-hydrogen) atoms. The van der Waals surface area contributed by atoms with Crippen LogP contribution in [0.1, 0.15) is 25.0 Å². The van der Waals surface area contributed by atoms with Crippen molar-refractivity contribution in [3.05, 3.63) is 211 Å². The first-order valence-electron chi connectivity index (χ1n) is 22.2. The van der Waals surface area contributed by atoms with Crippen LogP contribution in [0.3, 0.4) is 0 Å². The molecule has 12 rings (SSSR count). The molecule has 0 bridgehead atoms. The number of fused-ring (bicyclic) bond motifs is 6. The number of benzene rings is 9. The minimum Gasteiger partial charge on any atom is -0.457 e. The van der Waals surface area contributed by atoms with Gasteiger partial charge in [-0.25, -0.2) is 0 Å². The summed E-state index contributed by atoms with van der Waals surface area (Å²) in [6, 6.07) is 70.2. The Hall–Kier alpha value is -7.80. The smallest absolute Gasteiger partial charge is 0.177 e. The summed E-state index contributed by atoms with van der Waals surface area (Å²) in [7, 11) is -1.98. The maximum Gasteiger partial charge on any atom is 0.177 e. The Labute approximate surface area is 380 Å². The molecule has 0 fully saturated rings. The van der Waals surface area contributed by atoms with Gasteiger partial charge in [0.25, 0.3) is 0 Å². The molecule has 9 aromatic rings. The Balaban J connectivity index is 0.927. The highest BCUT2D eigenvalue weighted by Gasteiger charge is 2.38. The zero-order valence-electron chi connectivity index (χ0n) is 36.6. The van der Waals surface area contributed by atoms with Crippen molar-refractivity contribution in [2.24, 2.45) is 0 Å². The van der Waals surface area contributed by atoms with Crippen molar-refractivity contribution in [1.82, 2.24) is 0 Å². The SMILES string of the molecule is CC1(C)c2ccccc2Oc2c(-c3ccc(N(c4ccc(-c5cccc6c5Oc5ccccc5O6)cc4)c4ccc(-c5cccc6c5Oc5ccccc5[Si]6(C)C)cc4)cc3)cccc21. The normalized spacial score (nSPS) is 14.3. The van der Waals surface area contributed by atoms with E-state index in [1.165, 1.54) is 21.5 Å². The molecule has 0 N–H and O–H groups in total. The minimum atomic E-state index is -1.98. The van der Waals surface area contributed by atoms with Crippen LogP contribution in [0.2, 0.25) is 13.1 Å². The van der Waals surface area contributed by atoms with E-state index in [0.29, 0.717) is 23.0 Å². The fourth-order valence-corrected chi connectivity index (χ4v) is 12.8. The van der Waals surface area contributed by atoms with Gasteiger partial charge in [0.15, 0.2) is 23.0 Å². The van der Waals surface area contributed by atoms with Crippen molar-refractivity contribution in [3.63, 3.8) is 0 Å². The van der Waals surface area contributed by atoms with E-state index in [1.54, 1.807) is 0 Å². The summed E-state index contributed by atoms with van der Waals surface area (Å²) < 4.78 is 26.1. The molecule has 0 aliphatic carbocycles. The van der Waals surface area contributed by atoms with Crippen LogP contribution in [-0.2, 0) is 5.41 Å². The molecule has 0 unspecified atom stereocenters. The number of ether oxygens (including phenoxy) is 4. The second-order valence-corrected chi connectivity index (χ2v) is 22.4. The third kappa shape index (κ3) is 6.35. The second-order valence-electron chi connectivity index (χ2n) is 18.1. The zero-order valence-corrected chi connectivity index (χ0v) is 37.6. The van der Waals surface area contributed by atoms with Gasteiger partial charge in [-0.1, -0.05) is 160 Å². The Morgan fingerprint density at radius 3 is 1.38 bits per heavy atom. The Morgan fingerprint density at radius 1 is 0.338 bits per heavy atom. The van der Waals surface area contributed by atoms with Gasteiger partial charge < -0.3 is 23.8 Å². The summed E-state index contributed by atoms with van der Waals surface area (Å²) in [5.74, 6) is 6.59. The number of para-hydroxylation sites is 7. The van der Waals surface area contributed by atoms with Crippen LogP contribution >= 0.6 is 0 Å². The number of rotatable bonds is 6. The average molecular weight is 860 g/mol. The summed E-state index contributed by atoms with van der Waals surface area (Å²) in [6.45, 7) is 9.39. The lowest BCUT2D eigenvalue weighted by Gasteiger charge is -2.35. The molecular formula is C59H45NO4Si. The predicted octanol–water partition coefficient (Wildman–Crippen LogP) is 15.4. The van der Waals surface area contributed by atoms with E-state index >= 15 is 0 Å². The number of nitrogens with zero attached hydrogens (tertiary/aromatic N) is 1. The van der Waals surface area contributed by atoms with Crippen LogP contribution < -0.4 is 34.2 Å². The highest BCUT2D eigenvalue weighted by atomic mass is 28.3. The molecule has 0 spiro atoms. The average Bonchev–Trinajstić information content (AvgIpc) is 3.34. The monoisotopic (exact) mass is 859 g/mol. The fourth-order valence-electron chi connectivity index (χ4n) is 9.98. The molecule has 314 valence electrons. The molecule has 0 aromatic heterocycles. The molecule has 0 radical (unpaired) electrons. The summed E-state index contributed by atoms with van der Waals surface area (Å²) >= 11 is 0. The predicted molar refractivity (Wildman–Crippen MR) is 266 cm³/mol. The van der Waals surface area contributed by atoms with Gasteiger partial charge in [-0.15, -0.1) is 0 Å². The van der Waals surface area contributed by atoms with Gasteiger partial charge in [-0.2, -0.15) is 0 Å². The van der Waals surface area contributed by atoms with E-state index in [2.05, 4.69) is 190 Å². The van der Waals surface area contributed by atoms with E-state index in [4.69, 9.17) is 18.9 Å². The molecule has 0 saturated carbocycles. The van der Waals surface area contributed by atoms with E-state index in [9.17, 15) is 0 Å². The minimum absolute atomic E-state index is 0.203. The van der Waals surface area contributed by atoms with Crippen molar-refractivity contribution < 1.29 is 18.9 Å². The highest BCUT2D eigenvalue weighted by Crippen LogP contribution is 2.52. The van der Waals surface area contributed by atoms with Crippen LogP contribution in [0, 0.1) is 0 Å². The summed E-state index contributed by atoms with van der Waals surface area (Å²) in [5.41, 5.74) is 11.6. The first kappa shape index (κ1) is 38.8. The summed E-state index contributed by atoms with van der Waals surface area (Å²) in [5, 5.41) is 2.65. The lowest BCUT2D eigenvalue weighted by molar-refractivity contribution is 0.361. The molecule has 3 heterocycles. The molecule has 5 nitrogen and oxygen atoms in total. The molecule has 6 heteroatoms. The van der Waals surface area contributed by atoms with Crippen molar-refractivity contribution in [3.8, 4) is 79.4 Å². The van der Waals surface area contributed by atoms with E-state index in [1.807, 2.05) is 42.5 Å². The summed E-state index contributed by atoms with van der Waals surface area (Å²) in [4.78, 5) is 2.31. The molecule has 3 aliphatic rings. The van der Waals surface area contributed by atoms with Crippen molar-refractivity contribution in [1.29, 1.82) is 0 Å². The molecular weight excluding hydrogens is 815 g/mol. The molecule has 0 atom stereocenters. The van der Waals surface area contributed by atoms with Gasteiger partial charge in [0.05, 0.1) is 0 Å². The van der Waals surface area contributed by atoms with E-state index in [0.717, 1.165) is 73.4 Å². The van der Waals surface area contributed by atoms with Gasteiger partial charge in [0.2, 0.25) is 0 Å². The van der Waals surface area contributed by atoms with Crippen molar-refractivity contribution in [2.45, 2.75) is 32.4 Å². The van der Waals surface area contributed by atoms with Crippen LogP contribution in [0.5, 0.6) is 46.0 Å². The third-order valence-corrected chi connectivity index (χ3v) is 17.0. The first-order valence-corrected chi connectivity index (χ1v) is 25.2. The summed E-state index contributed by atoms with van der Waals surface area (Å²) in [6.07, 6.45) is 0. The van der Waals surface area contributed by atoms with Crippen LogP contribution in [-0.4, -0.2) is 8.07 Å². The maximum atomic E-state index is 6.72. The standard InChI is InChI=1S/C59H45NO4Si/c1-59(2)47-17-5-6-19-49(47)62-56-44(14-11-18-48(56)59)38-26-32-41(33-27-38)60(42-34-28-39(29-35-42)45-15-12-23-53-57(45)63-51-21-8-7-20-50(51)61-53)43-36-30-40(31-37-43)46-16-13-25-55-58(46)64-52-22-9-10-24-54(52)65(55,3)4/h5-37H,1-4H3. The zero-order chi connectivity index (χ0) is 43.9.